The van der Waals surface area contributed by atoms with Gasteiger partial charge in [0.05, 0.1) is 6.54 Å². The van der Waals surface area contributed by atoms with Gasteiger partial charge >= 0.3 is 0 Å². The van der Waals surface area contributed by atoms with Gasteiger partial charge in [0.25, 0.3) is 5.91 Å². The van der Waals surface area contributed by atoms with Gasteiger partial charge in [0.1, 0.15) is 0 Å². The minimum absolute atomic E-state index is 0.161. The molecule has 0 saturated carbocycles. The molecule has 1 radical (unpaired) electrons. The van der Waals surface area contributed by atoms with Crippen molar-refractivity contribution in [3.05, 3.63) is 53.4 Å². The third kappa shape index (κ3) is 2.40. The Morgan fingerprint density at radius 1 is 1.35 bits per heavy atom. The lowest BCUT2D eigenvalue weighted by atomic mass is 10.2. The Morgan fingerprint density at radius 3 is 2.95 bits per heavy atom. The summed E-state index contributed by atoms with van der Waals surface area (Å²) in [4.78, 5) is 11.0. The molecule has 20 heavy (non-hydrogen) atoms. The quantitative estimate of drug-likeness (QED) is 0.798. The Bertz CT molecular complexity index is 774. The van der Waals surface area contributed by atoms with Crippen LogP contribution < -0.4 is 5.73 Å². The molecule has 3 rings (SSSR count). The van der Waals surface area contributed by atoms with E-state index >= 15 is 0 Å². The smallest absolute Gasteiger partial charge is 0.269 e. The average Bonchev–Trinajstić information content (AvgIpc) is 3.02. The lowest BCUT2D eigenvalue weighted by Crippen LogP contribution is -2.13. The number of nitrogens with two attached hydrogens (primary N) is 1. The Balaban J connectivity index is 1.77. The normalized spacial score (nSPS) is 11.1. The van der Waals surface area contributed by atoms with Crippen molar-refractivity contribution in [2.24, 2.45) is 5.73 Å². The van der Waals surface area contributed by atoms with Gasteiger partial charge < -0.3 is 10.3 Å². The minimum atomic E-state index is -0.565. The van der Waals surface area contributed by atoms with Crippen molar-refractivity contribution < 1.29 is 4.79 Å². The second kappa shape index (κ2) is 5.02. The molecule has 101 valence electrons. The van der Waals surface area contributed by atoms with Crippen molar-refractivity contribution in [2.45, 2.75) is 13.1 Å². The summed E-state index contributed by atoms with van der Waals surface area (Å²) in [6, 6.07) is 10.5. The molecule has 0 fully saturated rings. The molecule has 2 N–H and O–H groups in total. The molecule has 2 aromatic heterocycles. The van der Waals surface area contributed by atoms with Crippen LogP contribution in [0.15, 0.2) is 36.7 Å². The standard InChI is InChI=1S/C14H12ClN4O/c15-11-1-2-13-10(9-11)3-5-18(13)7-8-19-6-4-12(17-19)14(16)20/h1-3,5-6,9H,7-8H2,(H2,16,20). The topological polar surface area (TPSA) is 65.8 Å². The van der Waals surface area contributed by atoms with Crippen molar-refractivity contribution >= 4 is 28.4 Å². The first-order chi connectivity index (χ1) is 9.63. The number of fused-ring (bicyclic) bond motifs is 1. The highest BCUT2D eigenvalue weighted by Gasteiger charge is 2.06. The number of halogens is 1. The molecule has 6 heteroatoms. The third-order valence-electron chi connectivity index (χ3n) is 3.12. The average molecular weight is 288 g/mol. The highest BCUT2D eigenvalue weighted by molar-refractivity contribution is 6.31. The Hall–Kier alpha value is -2.27. The summed E-state index contributed by atoms with van der Waals surface area (Å²) in [6.07, 6.45) is 3.63. The number of aryl methyl sites for hydroxylation is 2. The molecule has 0 atom stereocenters. The van der Waals surface area contributed by atoms with E-state index in [0.29, 0.717) is 6.54 Å². The van der Waals surface area contributed by atoms with E-state index < -0.39 is 5.91 Å². The number of hydrogen-bond acceptors (Lipinski definition) is 2. The van der Waals surface area contributed by atoms with Crippen molar-refractivity contribution in [3.8, 4) is 0 Å². The molecule has 3 aromatic rings. The summed E-state index contributed by atoms with van der Waals surface area (Å²) in [5.74, 6) is -0.565. The van der Waals surface area contributed by atoms with E-state index in [2.05, 4.69) is 15.7 Å². The Morgan fingerprint density at radius 2 is 2.20 bits per heavy atom. The van der Waals surface area contributed by atoms with Crippen LogP contribution in [0.5, 0.6) is 0 Å². The number of rotatable bonds is 4. The molecule has 0 bridgehead atoms. The zero-order chi connectivity index (χ0) is 14.1. The summed E-state index contributed by atoms with van der Waals surface area (Å²) in [7, 11) is 0. The maximum Gasteiger partial charge on any atom is 0.269 e. The second-order valence-corrected chi connectivity index (χ2v) is 4.90. The number of hydrogen-bond donors (Lipinski definition) is 1. The molecule has 0 aliphatic carbocycles. The minimum Gasteiger partial charge on any atom is -0.364 e. The van der Waals surface area contributed by atoms with E-state index in [4.69, 9.17) is 17.3 Å². The fraction of sp³-hybridized carbons (Fsp3) is 0.143. The second-order valence-electron chi connectivity index (χ2n) is 4.46. The van der Waals surface area contributed by atoms with E-state index in [0.717, 1.165) is 22.5 Å². The molecule has 0 aliphatic rings. The van der Waals surface area contributed by atoms with E-state index in [1.807, 2.05) is 30.5 Å². The van der Waals surface area contributed by atoms with Crippen LogP contribution in [0.3, 0.4) is 0 Å². The summed E-state index contributed by atoms with van der Waals surface area (Å²) >= 11 is 5.96. The summed E-state index contributed by atoms with van der Waals surface area (Å²) in [5.41, 5.74) is 6.42. The zero-order valence-electron chi connectivity index (χ0n) is 10.6. The van der Waals surface area contributed by atoms with Crippen molar-refractivity contribution in [3.63, 3.8) is 0 Å². The van der Waals surface area contributed by atoms with Crippen molar-refractivity contribution in [2.75, 3.05) is 0 Å². The van der Waals surface area contributed by atoms with E-state index in [-0.39, 0.29) is 5.69 Å². The lowest BCUT2D eigenvalue weighted by Gasteiger charge is -2.05. The molecular formula is C14H12ClN4O. The lowest BCUT2D eigenvalue weighted by molar-refractivity contribution is 0.0994. The van der Waals surface area contributed by atoms with Crippen molar-refractivity contribution in [1.82, 2.24) is 14.3 Å². The number of primary amides is 1. The van der Waals surface area contributed by atoms with Gasteiger partial charge in [-0.25, -0.2) is 0 Å². The zero-order valence-corrected chi connectivity index (χ0v) is 11.3. The monoisotopic (exact) mass is 287 g/mol. The molecule has 0 aliphatic heterocycles. The van der Waals surface area contributed by atoms with Crippen LogP contribution in [0.4, 0.5) is 0 Å². The Labute approximate surface area is 120 Å². The SMILES string of the molecule is NC(=O)c1[c]cn(CCn2ccc3cc(Cl)ccc32)n1. The molecule has 0 saturated heterocycles. The van der Waals surface area contributed by atoms with E-state index in [1.54, 1.807) is 10.9 Å². The number of carbonyl (C=O) groups excluding carboxylic acids is 1. The Kier molecular flexibility index (Phi) is 3.20. The van der Waals surface area contributed by atoms with Gasteiger partial charge in [0, 0.05) is 40.9 Å². The molecule has 1 amide bonds. The number of aromatic nitrogens is 3. The number of amides is 1. The maximum absolute atomic E-state index is 11.0. The maximum atomic E-state index is 11.0. The highest BCUT2D eigenvalue weighted by atomic mass is 35.5. The first kappa shape index (κ1) is 12.7. The van der Waals surface area contributed by atoms with Crippen LogP contribution in [0.25, 0.3) is 10.9 Å². The third-order valence-corrected chi connectivity index (χ3v) is 3.35. The summed E-state index contributed by atoms with van der Waals surface area (Å²) < 4.78 is 3.76. The van der Waals surface area contributed by atoms with Gasteiger partial charge in [-0.05, 0) is 24.3 Å². The van der Waals surface area contributed by atoms with Crippen LogP contribution in [0.1, 0.15) is 10.5 Å². The predicted molar refractivity (Wildman–Crippen MR) is 76.5 cm³/mol. The molecule has 2 heterocycles. The van der Waals surface area contributed by atoms with Crippen LogP contribution in [-0.4, -0.2) is 20.3 Å². The largest absolute Gasteiger partial charge is 0.364 e. The van der Waals surface area contributed by atoms with Crippen LogP contribution in [0, 0.1) is 6.07 Å². The first-order valence-electron chi connectivity index (χ1n) is 6.13. The first-order valence-corrected chi connectivity index (χ1v) is 6.50. The van der Waals surface area contributed by atoms with E-state index in [9.17, 15) is 4.79 Å². The molecule has 0 spiro atoms. The molecule has 1 aromatic carbocycles. The summed E-state index contributed by atoms with van der Waals surface area (Å²) in [5, 5.41) is 5.88. The predicted octanol–water partition coefficient (Wildman–Crippen LogP) is 2.09. The van der Waals surface area contributed by atoms with Gasteiger partial charge in [-0.3, -0.25) is 9.48 Å². The number of nitrogens with zero attached hydrogens (tertiary/aromatic N) is 3. The summed E-state index contributed by atoms with van der Waals surface area (Å²) in [6.45, 7) is 1.37. The highest BCUT2D eigenvalue weighted by Crippen LogP contribution is 2.20. The van der Waals surface area contributed by atoms with Gasteiger partial charge in [0.2, 0.25) is 0 Å². The fourth-order valence-corrected chi connectivity index (χ4v) is 2.31. The number of carbonyl (C=O) groups is 1. The molecule has 5 nitrogen and oxygen atoms in total. The molecular weight excluding hydrogens is 276 g/mol. The molecule has 0 unspecified atom stereocenters. The van der Waals surface area contributed by atoms with E-state index in [1.165, 1.54) is 0 Å². The van der Waals surface area contributed by atoms with Crippen LogP contribution in [-0.2, 0) is 13.1 Å². The van der Waals surface area contributed by atoms with Gasteiger partial charge in [-0.15, -0.1) is 0 Å². The van der Waals surface area contributed by atoms with Gasteiger partial charge in [-0.2, -0.15) is 5.10 Å². The van der Waals surface area contributed by atoms with Gasteiger partial charge in [0.15, 0.2) is 5.69 Å². The number of benzene rings is 1. The fourth-order valence-electron chi connectivity index (χ4n) is 2.13. The van der Waals surface area contributed by atoms with Gasteiger partial charge in [-0.1, -0.05) is 11.6 Å². The van der Waals surface area contributed by atoms with Crippen LogP contribution >= 0.6 is 11.6 Å². The van der Waals surface area contributed by atoms with Crippen molar-refractivity contribution in [1.29, 1.82) is 0 Å². The van der Waals surface area contributed by atoms with Crippen LogP contribution in [0.2, 0.25) is 5.02 Å².